The Balaban J connectivity index is 2.19. The number of halogens is 3. The van der Waals surface area contributed by atoms with Gasteiger partial charge in [-0.2, -0.15) is 13.2 Å². The van der Waals surface area contributed by atoms with Gasteiger partial charge in [0.25, 0.3) is 0 Å². The monoisotopic (exact) mass is 230 g/mol. The lowest BCUT2D eigenvalue weighted by Crippen LogP contribution is -2.22. The second-order valence-electron chi connectivity index (χ2n) is 3.99. The summed E-state index contributed by atoms with van der Waals surface area (Å²) in [6, 6.07) is 3.06. The molecule has 0 spiro atoms. The highest BCUT2D eigenvalue weighted by Crippen LogP contribution is 2.30. The Morgan fingerprint density at radius 2 is 1.94 bits per heavy atom. The minimum Gasteiger partial charge on any atom is -0.299 e. The number of nitrogens with zero attached hydrogens (tertiary/aromatic N) is 2. The third-order valence-electron chi connectivity index (χ3n) is 2.75. The first-order valence-electron chi connectivity index (χ1n) is 5.31. The molecule has 0 amide bonds. The molecule has 1 aliphatic rings. The molecular weight excluding hydrogens is 217 g/mol. The van der Waals surface area contributed by atoms with Crippen LogP contribution in [0.1, 0.15) is 24.1 Å². The van der Waals surface area contributed by atoms with Crippen molar-refractivity contribution in [1.29, 1.82) is 0 Å². The molecule has 0 aromatic carbocycles. The van der Waals surface area contributed by atoms with E-state index in [0.29, 0.717) is 6.54 Å². The molecule has 0 atom stereocenters. The lowest BCUT2D eigenvalue weighted by Gasteiger charge is -2.17. The fourth-order valence-electron chi connectivity index (χ4n) is 2.00. The van der Waals surface area contributed by atoms with Crippen LogP contribution in [-0.2, 0) is 12.7 Å². The van der Waals surface area contributed by atoms with Crippen LogP contribution in [-0.4, -0.2) is 23.0 Å². The molecular formula is C11H13F3N2. The highest BCUT2D eigenvalue weighted by molar-refractivity contribution is 5.22. The Labute approximate surface area is 92.1 Å². The average molecular weight is 230 g/mol. The number of pyridine rings is 1. The summed E-state index contributed by atoms with van der Waals surface area (Å²) in [5.41, 5.74) is -0.473. The maximum Gasteiger partial charge on any atom is 0.433 e. The summed E-state index contributed by atoms with van der Waals surface area (Å²) in [5.74, 6) is 0. The molecule has 1 fully saturated rings. The summed E-state index contributed by atoms with van der Waals surface area (Å²) < 4.78 is 37.9. The van der Waals surface area contributed by atoms with Crippen LogP contribution in [0.4, 0.5) is 13.2 Å². The van der Waals surface area contributed by atoms with Gasteiger partial charge in [-0.3, -0.25) is 9.88 Å². The predicted molar refractivity (Wildman–Crippen MR) is 53.8 cm³/mol. The first-order chi connectivity index (χ1) is 7.57. The van der Waals surface area contributed by atoms with Gasteiger partial charge in [-0.15, -0.1) is 0 Å². The molecule has 1 saturated heterocycles. The smallest absolute Gasteiger partial charge is 0.299 e. The third kappa shape index (κ3) is 2.52. The van der Waals surface area contributed by atoms with Gasteiger partial charge in [-0.25, -0.2) is 0 Å². The normalized spacial score (nSPS) is 17.9. The molecule has 2 rings (SSSR count). The maximum absolute atomic E-state index is 12.6. The van der Waals surface area contributed by atoms with Crippen molar-refractivity contribution >= 4 is 0 Å². The summed E-state index contributed by atoms with van der Waals surface area (Å²) >= 11 is 0. The van der Waals surface area contributed by atoms with Gasteiger partial charge < -0.3 is 0 Å². The van der Waals surface area contributed by atoms with Crippen molar-refractivity contribution in [1.82, 2.24) is 9.88 Å². The van der Waals surface area contributed by atoms with Crippen molar-refractivity contribution in [2.45, 2.75) is 25.6 Å². The topological polar surface area (TPSA) is 16.1 Å². The minimum atomic E-state index is -4.35. The fraction of sp³-hybridized carbons (Fsp3) is 0.545. The van der Waals surface area contributed by atoms with Crippen LogP contribution in [0.15, 0.2) is 18.3 Å². The van der Waals surface area contributed by atoms with Crippen molar-refractivity contribution in [3.8, 4) is 0 Å². The third-order valence-corrected chi connectivity index (χ3v) is 2.75. The molecule has 1 aliphatic heterocycles. The molecule has 0 N–H and O–H groups in total. The van der Waals surface area contributed by atoms with Gasteiger partial charge in [0.15, 0.2) is 0 Å². The summed E-state index contributed by atoms with van der Waals surface area (Å²) in [6.45, 7) is 2.11. The van der Waals surface area contributed by atoms with Crippen molar-refractivity contribution in [2.75, 3.05) is 13.1 Å². The first kappa shape index (κ1) is 11.4. The standard InChI is InChI=1S/C11H13F3N2/c12-11(13,14)10-9(4-3-5-15-10)8-16-6-1-2-7-16/h3-5H,1-2,6-8H2. The quantitative estimate of drug-likeness (QED) is 0.776. The summed E-state index contributed by atoms with van der Waals surface area (Å²) in [4.78, 5) is 5.47. The van der Waals surface area contributed by atoms with Crippen LogP contribution in [0.5, 0.6) is 0 Å². The largest absolute Gasteiger partial charge is 0.433 e. The molecule has 1 aromatic rings. The zero-order valence-electron chi connectivity index (χ0n) is 8.80. The number of likely N-dealkylation sites (tertiary alicyclic amines) is 1. The summed E-state index contributed by atoms with van der Waals surface area (Å²) in [6.07, 6.45) is -1.02. The van der Waals surface area contributed by atoms with Crippen LogP contribution in [0.25, 0.3) is 0 Å². The van der Waals surface area contributed by atoms with Gasteiger partial charge >= 0.3 is 6.18 Å². The first-order valence-corrected chi connectivity index (χ1v) is 5.31. The Kier molecular flexibility index (Phi) is 3.14. The molecule has 5 heteroatoms. The lowest BCUT2D eigenvalue weighted by atomic mass is 10.2. The molecule has 0 radical (unpaired) electrons. The molecule has 2 heterocycles. The van der Waals surface area contributed by atoms with E-state index in [1.807, 2.05) is 4.90 Å². The van der Waals surface area contributed by atoms with Crippen molar-refractivity contribution in [2.24, 2.45) is 0 Å². The van der Waals surface area contributed by atoms with E-state index in [0.717, 1.165) is 25.9 Å². The van der Waals surface area contributed by atoms with Crippen molar-refractivity contribution < 1.29 is 13.2 Å². The Morgan fingerprint density at radius 1 is 1.25 bits per heavy atom. The summed E-state index contributed by atoms with van der Waals surface area (Å²) in [7, 11) is 0. The number of hydrogen-bond donors (Lipinski definition) is 0. The van der Waals surface area contributed by atoms with Gasteiger partial charge in [0.05, 0.1) is 0 Å². The van der Waals surface area contributed by atoms with Crippen LogP contribution in [0.3, 0.4) is 0 Å². The maximum atomic E-state index is 12.6. The van der Waals surface area contributed by atoms with E-state index < -0.39 is 11.9 Å². The van der Waals surface area contributed by atoms with E-state index >= 15 is 0 Å². The van der Waals surface area contributed by atoms with E-state index in [2.05, 4.69) is 4.98 Å². The lowest BCUT2D eigenvalue weighted by molar-refractivity contribution is -0.142. The molecule has 0 aliphatic carbocycles. The van der Waals surface area contributed by atoms with Gasteiger partial charge in [-0.05, 0) is 37.6 Å². The molecule has 1 aromatic heterocycles. The Hall–Kier alpha value is -1.10. The van der Waals surface area contributed by atoms with Crippen LogP contribution in [0.2, 0.25) is 0 Å². The zero-order valence-corrected chi connectivity index (χ0v) is 8.80. The highest BCUT2D eigenvalue weighted by Gasteiger charge is 2.35. The molecule has 16 heavy (non-hydrogen) atoms. The van der Waals surface area contributed by atoms with Crippen molar-refractivity contribution in [3.05, 3.63) is 29.6 Å². The van der Waals surface area contributed by atoms with E-state index in [-0.39, 0.29) is 5.56 Å². The van der Waals surface area contributed by atoms with Gasteiger partial charge in [0.2, 0.25) is 0 Å². The van der Waals surface area contributed by atoms with Crippen LogP contribution in [0, 0.1) is 0 Å². The van der Waals surface area contributed by atoms with E-state index in [1.54, 1.807) is 6.07 Å². The number of hydrogen-bond acceptors (Lipinski definition) is 2. The SMILES string of the molecule is FC(F)(F)c1ncccc1CN1CCCC1. The zero-order chi connectivity index (χ0) is 11.6. The molecule has 0 saturated carbocycles. The molecule has 0 unspecified atom stereocenters. The number of alkyl halides is 3. The van der Waals surface area contributed by atoms with Gasteiger partial charge in [-0.1, -0.05) is 6.07 Å². The fourth-order valence-corrected chi connectivity index (χ4v) is 2.00. The van der Waals surface area contributed by atoms with Gasteiger partial charge in [0, 0.05) is 12.7 Å². The van der Waals surface area contributed by atoms with Gasteiger partial charge in [0.1, 0.15) is 5.69 Å². The summed E-state index contributed by atoms with van der Waals surface area (Å²) in [5, 5.41) is 0. The van der Waals surface area contributed by atoms with Crippen molar-refractivity contribution in [3.63, 3.8) is 0 Å². The van der Waals surface area contributed by atoms with E-state index in [4.69, 9.17) is 0 Å². The molecule has 88 valence electrons. The Morgan fingerprint density at radius 3 is 2.56 bits per heavy atom. The number of aromatic nitrogens is 1. The second kappa shape index (κ2) is 4.41. The molecule has 0 bridgehead atoms. The predicted octanol–water partition coefficient (Wildman–Crippen LogP) is 2.70. The molecule has 2 nitrogen and oxygen atoms in total. The Bertz CT molecular complexity index is 356. The average Bonchev–Trinajstić information content (AvgIpc) is 2.70. The number of rotatable bonds is 2. The van der Waals surface area contributed by atoms with Crippen LogP contribution >= 0.6 is 0 Å². The van der Waals surface area contributed by atoms with E-state index in [1.165, 1.54) is 12.3 Å². The highest BCUT2D eigenvalue weighted by atomic mass is 19.4. The second-order valence-corrected chi connectivity index (χ2v) is 3.99. The minimum absolute atomic E-state index is 0.275. The van der Waals surface area contributed by atoms with Crippen LogP contribution < -0.4 is 0 Å². The van der Waals surface area contributed by atoms with E-state index in [9.17, 15) is 13.2 Å².